The molecular weight excluding hydrogens is 468 g/mol. The fourth-order valence-electron chi connectivity index (χ4n) is 6.37. The Hall–Kier alpha value is -3.19. The highest BCUT2D eigenvalue weighted by atomic mass is 16.5. The second-order valence-corrected chi connectivity index (χ2v) is 10.4. The van der Waals surface area contributed by atoms with Crippen molar-refractivity contribution in [3.63, 3.8) is 0 Å². The number of ether oxygens (including phenoxy) is 1. The van der Waals surface area contributed by atoms with Crippen LogP contribution in [0, 0.1) is 5.92 Å². The summed E-state index contributed by atoms with van der Waals surface area (Å²) in [4.78, 5) is 40.9. The van der Waals surface area contributed by atoms with Gasteiger partial charge in [0.25, 0.3) is 0 Å². The molecule has 2 fully saturated rings. The molecule has 1 saturated carbocycles. The van der Waals surface area contributed by atoms with Crippen molar-refractivity contribution < 1.29 is 24.2 Å². The highest BCUT2D eigenvalue weighted by Crippen LogP contribution is 2.52. The van der Waals surface area contributed by atoms with Crippen molar-refractivity contribution in [3.05, 3.63) is 71.8 Å². The number of carboxylic acids is 1. The van der Waals surface area contributed by atoms with Gasteiger partial charge in [0.15, 0.2) is 0 Å². The van der Waals surface area contributed by atoms with Gasteiger partial charge >= 0.3 is 11.9 Å². The third kappa shape index (κ3) is 5.87. The van der Waals surface area contributed by atoms with Gasteiger partial charge < -0.3 is 14.7 Å². The summed E-state index contributed by atoms with van der Waals surface area (Å²) in [6, 6.07) is 17.6. The maximum atomic E-state index is 14.0. The van der Waals surface area contributed by atoms with Crippen LogP contribution in [-0.4, -0.2) is 58.1 Å². The molecule has 1 aliphatic carbocycles. The van der Waals surface area contributed by atoms with Gasteiger partial charge in [-0.2, -0.15) is 0 Å². The maximum absolute atomic E-state index is 14.0. The van der Waals surface area contributed by atoms with E-state index < -0.39 is 35.6 Å². The van der Waals surface area contributed by atoms with Crippen molar-refractivity contribution in [2.45, 2.75) is 82.5 Å². The lowest BCUT2D eigenvalue weighted by Gasteiger charge is -2.42. The number of benzene rings is 2. The molecular formula is C30H38N2O5. The first kappa shape index (κ1) is 26.9. The van der Waals surface area contributed by atoms with Crippen LogP contribution in [0.2, 0.25) is 0 Å². The van der Waals surface area contributed by atoms with Crippen molar-refractivity contribution >= 4 is 17.8 Å². The summed E-state index contributed by atoms with van der Waals surface area (Å²) in [7, 11) is 0. The lowest BCUT2D eigenvalue weighted by atomic mass is 9.82. The van der Waals surface area contributed by atoms with Gasteiger partial charge in [0, 0.05) is 0 Å². The number of nitrogens with zero attached hydrogens (tertiary/aromatic N) is 1. The predicted molar refractivity (Wildman–Crippen MR) is 141 cm³/mol. The van der Waals surface area contributed by atoms with Crippen molar-refractivity contribution in [3.8, 4) is 0 Å². The van der Waals surface area contributed by atoms with E-state index in [9.17, 15) is 19.5 Å². The van der Waals surface area contributed by atoms with Crippen LogP contribution in [0.15, 0.2) is 60.7 Å². The Kier molecular flexibility index (Phi) is 8.64. The number of likely N-dealkylation sites (tertiary alicyclic amines) is 1. The first-order valence-electron chi connectivity index (χ1n) is 13.4. The Balaban J connectivity index is 1.56. The van der Waals surface area contributed by atoms with Crippen LogP contribution in [0.3, 0.4) is 0 Å². The SMILES string of the molecule is CCOC(=O)[C@H](CCc1ccccc1)N[C@@H](C)C(=O)N1[C@H](C(=O)O)C[C@@H]2CCC[C@]21Cc1ccccc1. The first-order valence-corrected chi connectivity index (χ1v) is 13.4. The molecule has 7 nitrogen and oxygen atoms in total. The fourth-order valence-corrected chi connectivity index (χ4v) is 6.37. The minimum absolute atomic E-state index is 0.142. The van der Waals surface area contributed by atoms with Crippen LogP contribution in [0.25, 0.3) is 0 Å². The summed E-state index contributed by atoms with van der Waals surface area (Å²) in [6.07, 6.45) is 4.90. The van der Waals surface area contributed by atoms with Gasteiger partial charge in [-0.1, -0.05) is 67.1 Å². The summed E-state index contributed by atoms with van der Waals surface area (Å²) in [5.41, 5.74) is 1.67. The number of hydrogen-bond acceptors (Lipinski definition) is 5. The van der Waals surface area contributed by atoms with Crippen molar-refractivity contribution in [2.75, 3.05) is 6.61 Å². The van der Waals surface area contributed by atoms with Crippen molar-refractivity contribution in [1.82, 2.24) is 10.2 Å². The Morgan fingerprint density at radius 3 is 2.35 bits per heavy atom. The molecule has 37 heavy (non-hydrogen) atoms. The summed E-state index contributed by atoms with van der Waals surface area (Å²) < 4.78 is 5.31. The number of aliphatic carboxylic acids is 1. The molecule has 1 saturated heterocycles. The van der Waals surface area contributed by atoms with Gasteiger partial charge in [-0.05, 0) is 69.4 Å². The number of rotatable bonds is 11. The van der Waals surface area contributed by atoms with Crippen molar-refractivity contribution in [1.29, 1.82) is 0 Å². The number of hydrogen-bond donors (Lipinski definition) is 2. The largest absolute Gasteiger partial charge is 0.480 e. The van der Waals surface area contributed by atoms with E-state index in [0.717, 1.165) is 30.4 Å². The Morgan fingerprint density at radius 2 is 1.73 bits per heavy atom. The number of esters is 1. The van der Waals surface area contributed by atoms with Crippen LogP contribution in [0.1, 0.15) is 57.1 Å². The van der Waals surface area contributed by atoms with E-state index in [2.05, 4.69) is 5.32 Å². The van der Waals surface area contributed by atoms with E-state index in [1.54, 1.807) is 18.7 Å². The van der Waals surface area contributed by atoms with E-state index in [4.69, 9.17) is 4.74 Å². The highest BCUT2D eigenvalue weighted by Gasteiger charge is 2.59. The number of carbonyl (C=O) groups excluding carboxylic acids is 2. The third-order valence-electron chi connectivity index (χ3n) is 8.05. The molecule has 2 aliphatic rings. The molecule has 1 amide bonds. The topological polar surface area (TPSA) is 95.9 Å². The van der Waals surface area contributed by atoms with E-state index in [1.165, 1.54) is 0 Å². The highest BCUT2D eigenvalue weighted by molar-refractivity contribution is 5.89. The number of fused-ring (bicyclic) bond motifs is 1. The Bertz CT molecular complexity index is 1080. The molecule has 0 radical (unpaired) electrons. The molecule has 198 valence electrons. The molecule has 2 aromatic rings. The predicted octanol–water partition coefficient (Wildman–Crippen LogP) is 4.00. The van der Waals surface area contributed by atoms with Crippen LogP contribution in [-0.2, 0) is 32.0 Å². The minimum atomic E-state index is -0.964. The Labute approximate surface area is 219 Å². The van der Waals surface area contributed by atoms with Crippen LogP contribution in [0.4, 0.5) is 0 Å². The zero-order valence-corrected chi connectivity index (χ0v) is 21.8. The fraction of sp³-hybridized carbons (Fsp3) is 0.500. The lowest BCUT2D eigenvalue weighted by Crippen LogP contribution is -2.60. The monoisotopic (exact) mass is 506 g/mol. The normalized spacial score (nSPS) is 24.3. The molecule has 0 spiro atoms. The zero-order chi connectivity index (χ0) is 26.4. The minimum Gasteiger partial charge on any atom is -0.480 e. The molecule has 0 unspecified atom stereocenters. The second-order valence-electron chi connectivity index (χ2n) is 10.4. The van der Waals surface area contributed by atoms with Crippen LogP contribution < -0.4 is 5.32 Å². The van der Waals surface area contributed by atoms with Crippen LogP contribution >= 0.6 is 0 Å². The number of amides is 1. The van der Waals surface area contributed by atoms with Gasteiger partial charge in [0.2, 0.25) is 5.91 Å². The van der Waals surface area contributed by atoms with E-state index >= 15 is 0 Å². The quantitative estimate of drug-likeness (QED) is 0.448. The molecule has 0 bridgehead atoms. The summed E-state index contributed by atoms with van der Waals surface area (Å²) in [5, 5.41) is 13.3. The number of aryl methyl sites for hydroxylation is 1. The van der Waals surface area contributed by atoms with Crippen molar-refractivity contribution in [2.24, 2.45) is 5.92 Å². The van der Waals surface area contributed by atoms with Crippen LogP contribution in [0.5, 0.6) is 0 Å². The molecule has 2 N–H and O–H groups in total. The molecule has 5 atom stereocenters. The maximum Gasteiger partial charge on any atom is 0.326 e. The van der Waals surface area contributed by atoms with Gasteiger partial charge in [-0.15, -0.1) is 0 Å². The molecule has 4 rings (SSSR count). The number of nitrogens with one attached hydrogen (secondary N) is 1. The molecule has 1 heterocycles. The summed E-state index contributed by atoms with van der Waals surface area (Å²) in [6.45, 7) is 3.74. The number of carbonyl (C=O) groups is 3. The third-order valence-corrected chi connectivity index (χ3v) is 8.05. The lowest BCUT2D eigenvalue weighted by molar-refractivity contribution is -0.154. The van der Waals surface area contributed by atoms with E-state index in [-0.39, 0.29) is 18.4 Å². The van der Waals surface area contributed by atoms with Gasteiger partial charge in [-0.3, -0.25) is 14.9 Å². The molecule has 0 aromatic heterocycles. The smallest absolute Gasteiger partial charge is 0.326 e. The van der Waals surface area contributed by atoms with Gasteiger partial charge in [0.05, 0.1) is 18.2 Å². The zero-order valence-electron chi connectivity index (χ0n) is 21.8. The first-order chi connectivity index (χ1) is 17.9. The molecule has 1 aliphatic heterocycles. The average Bonchev–Trinajstić information content (AvgIpc) is 3.43. The van der Waals surface area contributed by atoms with Gasteiger partial charge in [0.1, 0.15) is 12.1 Å². The average molecular weight is 507 g/mol. The van der Waals surface area contributed by atoms with E-state index in [0.29, 0.717) is 25.7 Å². The summed E-state index contributed by atoms with van der Waals surface area (Å²) >= 11 is 0. The Morgan fingerprint density at radius 1 is 1.08 bits per heavy atom. The van der Waals surface area contributed by atoms with E-state index in [1.807, 2.05) is 60.7 Å². The number of carboxylic acid groups (broad SMARTS) is 1. The molecule has 7 heteroatoms. The summed E-state index contributed by atoms with van der Waals surface area (Å²) in [5.74, 6) is -1.48. The standard InChI is InChI=1S/C30H38N2O5/c1-3-37-29(36)25(17-16-22-11-6-4-7-12-22)31-21(2)27(33)32-26(28(34)35)19-24-15-10-18-30(24,32)20-23-13-8-5-9-14-23/h4-9,11-14,21,24-26,31H,3,10,15-20H2,1-2H3,(H,34,35)/t21-,24-,25-,26-,30-/m0/s1. The molecule has 2 aromatic carbocycles. The van der Waals surface area contributed by atoms with Gasteiger partial charge in [-0.25, -0.2) is 4.79 Å². The second kappa shape index (κ2) is 11.9.